The molecule has 1 aromatic carbocycles. The second-order valence-corrected chi connectivity index (χ2v) is 4.85. The van der Waals surface area contributed by atoms with Gasteiger partial charge in [0.15, 0.2) is 0 Å². The van der Waals surface area contributed by atoms with Crippen LogP contribution in [0.1, 0.15) is 12.5 Å². The van der Waals surface area contributed by atoms with E-state index in [1.807, 2.05) is 19.1 Å². The zero-order valence-electron chi connectivity index (χ0n) is 10.5. The Morgan fingerprint density at radius 3 is 2.58 bits per heavy atom. The molecule has 19 heavy (non-hydrogen) atoms. The van der Waals surface area contributed by atoms with Crippen molar-refractivity contribution in [2.45, 2.75) is 13.5 Å². The third-order valence-electron chi connectivity index (χ3n) is 2.42. The van der Waals surface area contributed by atoms with Crippen LogP contribution >= 0.6 is 23.2 Å². The number of benzene rings is 1. The molecule has 0 unspecified atom stereocenters. The van der Waals surface area contributed by atoms with Crippen LogP contribution in [0.25, 0.3) is 0 Å². The van der Waals surface area contributed by atoms with Crippen molar-refractivity contribution in [3.8, 4) is 5.75 Å². The molecule has 2 rings (SSSR count). The number of hydrogen-bond acceptors (Lipinski definition) is 3. The lowest BCUT2D eigenvalue weighted by Gasteiger charge is -2.08. The van der Waals surface area contributed by atoms with E-state index in [0.717, 1.165) is 17.9 Å². The van der Waals surface area contributed by atoms with Crippen molar-refractivity contribution in [1.82, 2.24) is 4.98 Å². The molecule has 0 radical (unpaired) electrons. The fraction of sp³-hybridized carbons (Fsp3) is 0.214. The molecule has 0 aliphatic heterocycles. The minimum atomic E-state index is 0.442. The largest absolute Gasteiger partial charge is 0.489 e. The molecule has 0 fully saturated rings. The van der Waals surface area contributed by atoms with Crippen LogP contribution in [0.4, 0.5) is 5.82 Å². The molecule has 0 amide bonds. The second-order valence-electron chi connectivity index (χ2n) is 3.97. The lowest BCUT2D eigenvalue weighted by atomic mass is 10.2. The summed E-state index contributed by atoms with van der Waals surface area (Å²) in [5.74, 6) is 1.49. The van der Waals surface area contributed by atoms with E-state index in [4.69, 9.17) is 27.9 Å². The number of pyridine rings is 1. The molecule has 1 N–H and O–H groups in total. The first-order valence-electron chi connectivity index (χ1n) is 5.95. The quantitative estimate of drug-likeness (QED) is 0.888. The van der Waals surface area contributed by atoms with Crippen LogP contribution in [0, 0.1) is 0 Å². The van der Waals surface area contributed by atoms with Crippen LogP contribution in [-0.4, -0.2) is 11.5 Å². The van der Waals surface area contributed by atoms with Gasteiger partial charge in [0.25, 0.3) is 0 Å². The molecule has 0 atom stereocenters. The molecular weight excluding hydrogens is 283 g/mol. The SMILES string of the molecule is CCNc1cc(COc2cc(Cl)cc(Cl)c2)ccn1. The first-order chi connectivity index (χ1) is 9.17. The van der Waals surface area contributed by atoms with Gasteiger partial charge in [0.1, 0.15) is 18.2 Å². The van der Waals surface area contributed by atoms with Crippen molar-refractivity contribution in [2.75, 3.05) is 11.9 Å². The van der Waals surface area contributed by atoms with E-state index in [-0.39, 0.29) is 0 Å². The maximum Gasteiger partial charge on any atom is 0.126 e. The van der Waals surface area contributed by atoms with Gasteiger partial charge in [0.2, 0.25) is 0 Å². The third kappa shape index (κ3) is 4.30. The number of halogens is 2. The minimum absolute atomic E-state index is 0.442. The molecule has 0 spiro atoms. The molecule has 3 nitrogen and oxygen atoms in total. The van der Waals surface area contributed by atoms with Crippen LogP contribution in [0.3, 0.4) is 0 Å². The van der Waals surface area contributed by atoms with E-state index in [9.17, 15) is 0 Å². The molecule has 1 heterocycles. The molecule has 100 valence electrons. The number of hydrogen-bond donors (Lipinski definition) is 1. The highest BCUT2D eigenvalue weighted by Crippen LogP contribution is 2.24. The Morgan fingerprint density at radius 1 is 1.16 bits per heavy atom. The zero-order valence-corrected chi connectivity index (χ0v) is 12.0. The van der Waals surface area contributed by atoms with E-state index in [1.54, 1.807) is 24.4 Å². The van der Waals surface area contributed by atoms with Crippen LogP contribution in [0.5, 0.6) is 5.75 Å². The van der Waals surface area contributed by atoms with E-state index < -0.39 is 0 Å². The average Bonchev–Trinajstić information content (AvgIpc) is 2.36. The number of anilines is 1. The fourth-order valence-corrected chi connectivity index (χ4v) is 2.13. The Hall–Kier alpha value is -1.45. The van der Waals surface area contributed by atoms with Crippen LogP contribution in [0.2, 0.25) is 10.0 Å². The van der Waals surface area contributed by atoms with Gasteiger partial charge < -0.3 is 10.1 Å². The van der Waals surface area contributed by atoms with Crippen molar-refractivity contribution < 1.29 is 4.74 Å². The van der Waals surface area contributed by atoms with E-state index >= 15 is 0 Å². The molecule has 2 aromatic rings. The summed E-state index contributed by atoms with van der Waals surface area (Å²) in [4.78, 5) is 4.20. The van der Waals surface area contributed by atoms with Gasteiger partial charge in [0.05, 0.1) is 0 Å². The Labute approximate surface area is 122 Å². The molecule has 0 aliphatic carbocycles. The topological polar surface area (TPSA) is 34.1 Å². The highest BCUT2D eigenvalue weighted by molar-refractivity contribution is 6.34. The predicted octanol–water partition coefficient (Wildman–Crippen LogP) is 4.40. The van der Waals surface area contributed by atoms with Gasteiger partial charge in [-0.1, -0.05) is 23.2 Å². The van der Waals surface area contributed by atoms with Crippen molar-refractivity contribution in [3.05, 3.63) is 52.1 Å². The Balaban J connectivity index is 2.03. The number of rotatable bonds is 5. The van der Waals surface area contributed by atoms with Crippen LogP contribution in [0.15, 0.2) is 36.5 Å². The Morgan fingerprint density at radius 2 is 1.89 bits per heavy atom. The van der Waals surface area contributed by atoms with Gasteiger partial charge in [-0.3, -0.25) is 0 Å². The summed E-state index contributed by atoms with van der Waals surface area (Å²) >= 11 is 11.8. The normalized spacial score (nSPS) is 10.3. The monoisotopic (exact) mass is 296 g/mol. The highest BCUT2D eigenvalue weighted by Gasteiger charge is 2.01. The number of ether oxygens (including phenoxy) is 1. The summed E-state index contributed by atoms with van der Waals surface area (Å²) in [6, 6.07) is 9.01. The van der Waals surface area contributed by atoms with Gasteiger partial charge in [-0.15, -0.1) is 0 Å². The number of nitrogens with one attached hydrogen (secondary N) is 1. The first-order valence-corrected chi connectivity index (χ1v) is 6.70. The second kappa shape index (κ2) is 6.64. The summed E-state index contributed by atoms with van der Waals surface area (Å²) in [7, 11) is 0. The van der Waals surface area contributed by atoms with Crippen molar-refractivity contribution in [1.29, 1.82) is 0 Å². The number of nitrogens with zero attached hydrogens (tertiary/aromatic N) is 1. The summed E-state index contributed by atoms with van der Waals surface area (Å²) in [6.07, 6.45) is 1.75. The van der Waals surface area contributed by atoms with Gasteiger partial charge >= 0.3 is 0 Å². The van der Waals surface area contributed by atoms with Gasteiger partial charge in [-0.25, -0.2) is 4.98 Å². The van der Waals surface area contributed by atoms with Crippen molar-refractivity contribution >= 4 is 29.0 Å². The summed E-state index contributed by atoms with van der Waals surface area (Å²) in [6.45, 7) is 3.30. The number of aromatic nitrogens is 1. The Kier molecular flexibility index (Phi) is 4.88. The van der Waals surface area contributed by atoms with E-state index in [2.05, 4.69) is 10.3 Å². The maximum absolute atomic E-state index is 5.91. The molecule has 0 saturated heterocycles. The van der Waals surface area contributed by atoms with Gasteiger partial charge in [-0.2, -0.15) is 0 Å². The van der Waals surface area contributed by atoms with Gasteiger partial charge in [-0.05, 0) is 42.8 Å². The summed E-state index contributed by atoms with van der Waals surface area (Å²) < 4.78 is 5.66. The van der Waals surface area contributed by atoms with Gasteiger partial charge in [0, 0.05) is 22.8 Å². The molecule has 5 heteroatoms. The third-order valence-corrected chi connectivity index (χ3v) is 2.86. The smallest absolute Gasteiger partial charge is 0.126 e. The summed E-state index contributed by atoms with van der Waals surface area (Å²) in [5, 5.41) is 4.28. The maximum atomic E-state index is 5.91. The predicted molar refractivity (Wildman–Crippen MR) is 79.2 cm³/mol. The fourth-order valence-electron chi connectivity index (χ4n) is 1.62. The van der Waals surface area contributed by atoms with Crippen LogP contribution in [-0.2, 0) is 6.61 Å². The van der Waals surface area contributed by atoms with E-state index in [1.165, 1.54) is 0 Å². The molecule has 0 saturated carbocycles. The van der Waals surface area contributed by atoms with Crippen LogP contribution < -0.4 is 10.1 Å². The molecule has 1 aromatic heterocycles. The molecule has 0 bridgehead atoms. The lowest BCUT2D eigenvalue weighted by Crippen LogP contribution is -2.01. The first kappa shape index (κ1) is 14.0. The van der Waals surface area contributed by atoms with E-state index in [0.29, 0.717) is 22.4 Å². The lowest BCUT2D eigenvalue weighted by molar-refractivity contribution is 0.306. The van der Waals surface area contributed by atoms with Crippen molar-refractivity contribution in [3.63, 3.8) is 0 Å². The standard InChI is InChI=1S/C14H14Cl2N2O/c1-2-17-14-5-10(3-4-18-14)9-19-13-7-11(15)6-12(16)8-13/h3-8H,2,9H2,1H3,(H,17,18). The Bertz CT molecular complexity index is 541. The van der Waals surface area contributed by atoms with Crippen molar-refractivity contribution in [2.24, 2.45) is 0 Å². The molecule has 0 aliphatic rings. The molecular formula is C14H14Cl2N2O. The minimum Gasteiger partial charge on any atom is -0.489 e. The average molecular weight is 297 g/mol. The summed E-state index contributed by atoms with van der Waals surface area (Å²) in [5.41, 5.74) is 1.03. The zero-order chi connectivity index (χ0) is 13.7. The highest BCUT2D eigenvalue weighted by atomic mass is 35.5.